The SMILES string of the molecule is Cc1c(Cl)ccc2c(-c3ccc(Cl)cc3)c(O)c(C(=O)NCC(=O)OC(C)(C)C)c(O)c12. The third-order valence-corrected chi connectivity index (χ3v) is 5.45. The minimum atomic E-state index is -0.831. The molecule has 0 aliphatic carbocycles. The first-order valence-corrected chi connectivity index (χ1v) is 10.6. The summed E-state index contributed by atoms with van der Waals surface area (Å²) in [7, 11) is 0. The second-order valence-corrected chi connectivity index (χ2v) is 9.16. The molecule has 0 aromatic heterocycles. The quantitative estimate of drug-likeness (QED) is 0.426. The molecule has 0 aliphatic rings. The summed E-state index contributed by atoms with van der Waals surface area (Å²) >= 11 is 12.3. The average Bonchev–Trinajstić information content (AvgIpc) is 2.69. The van der Waals surface area contributed by atoms with E-state index in [1.165, 1.54) is 0 Å². The molecular weight excluding hydrogens is 453 g/mol. The van der Waals surface area contributed by atoms with E-state index in [-0.39, 0.29) is 5.56 Å². The van der Waals surface area contributed by atoms with Gasteiger partial charge in [0.05, 0.1) is 0 Å². The van der Waals surface area contributed by atoms with Crippen LogP contribution in [0.4, 0.5) is 0 Å². The summed E-state index contributed by atoms with van der Waals surface area (Å²) in [5.74, 6) is -2.34. The summed E-state index contributed by atoms with van der Waals surface area (Å²) in [5, 5.41) is 26.2. The Kier molecular flexibility index (Phi) is 6.58. The van der Waals surface area contributed by atoms with Crippen LogP contribution in [-0.4, -0.2) is 34.2 Å². The van der Waals surface area contributed by atoms with Gasteiger partial charge in [-0.05, 0) is 62.4 Å². The number of carbonyl (C=O) groups is 2. The van der Waals surface area contributed by atoms with Crippen LogP contribution in [0.25, 0.3) is 21.9 Å². The van der Waals surface area contributed by atoms with E-state index in [4.69, 9.17) is 27.9 Å². The summed E-state index contributed by atoms with van der Waals surface area (Å²) in [4.78, 5) is 24.9. The fourth-order valence-electron chi connectivity index (χ4n) is 3.43. The Bertz CT molecular complexity index is 1210. The van der Waals surface area contributed by atoms with Crippen LogP contribution in [-0.2, 0) is 9.53 Å². The molecule has 3 aromatic carbocycles. The third-order valence-electron chi connectivity index (χ3n) is 4.79. The number of fused-ring (bicyclic) bond motifs is 1. The van der Waals surface area contributed by atoms with E-state index in [0.717, 1.165) is 0 Å². The molecule has 0 saturated heterocycles. The van der Waals surface area contributed by atoms with Gasteiger partial charge in [-0.1, -0.05) is 41.4 Å². The topological polar surface area (TPSA) is 95.9 Å². The lowest BCUT2D eigenvalue weighted by Crippen LogP contribution is -2.34. The molecule has 32 heavy (non-hydrogen) atoms. The van der Waals surface area contributed by atoms with Crippen molar-refractivity contribution in [3.05, 3.63) is 57.6 Å². The van der Waals surface area contributed by atoms with Crippen molar-refractivity contribution in [2.24, 2.45) is 0 Å². The predicted molar refractivity (Wildman–Crippen MR) is 126 cm³/mol. The maximum Gasteiger partial charge on any atom is 0.325 e. The summed E-state index contributed by atoms with van der Waals surface area (Å²) in [5.41, 5.74) is 0.371. The van der Waals surface area contributed by atoms with Crippen molar-refractivity contribution < 1.29 is 24.5 Å². The smallest absolute Gasteiger partial charge is 0.325 e. The molecule has 0 saturated carbocycles. The van der Waals surface area contributed by atoms with Crippen LogP contribution in [0, 0.1) is 6.92 Å². The molecular formula is C24H23Cl2NO5. The standard InChI is InChI=1S/C24H23Cl2NO5/c1-12-16(26)10-9-15-18(12)21(29)20(23(31)27-11-17(28)32-24(2,3)4)22(30)19(15)13-5-7-14(25)8-6-13/h5-10,29-30H,11H2,1-4H3,(H,27,31). The molecule has 168 valence electrons. The lowest BCUT2D eigenvalue weighted by Gasteiger charge is -2.20. The molecule has 3 N–H and O–H groups in total. The lowest BCUT2D eigenvalue weighted by atomic mass is 9.91. The van der Waals surface area contributed by atoms with Crippen LogP contribution >= 0.6 is 23.2 Å². The van der Waals surface area contributed by atoms with Crippen molar-refractivity contribution >= 4 is 45.9 Å². The Hall–Kier alpha value is -2.96. The van der Waals surface area contributed by atoms with E-state index in [9.17, 15) is 19.8 Å². The van der Waals surface area contributed by atoms with Crippen molar-refractivity contribution in [3.63, 3.8) is 0 Å². The number of phenolic OH excluding ortho intramolecular Hbond substituents is 2. The Balaban J connectivity index is 2.16. The van der Waals surface area contributed by atoms with Crippen molar-refractivity contribution in [3.8, 4) is 22.6 Å². The fourth-order valence-corrected chi connectivity index (χ4v) is 3.72. The number of ether oxygens (including phenoxy) is 1. The lowest BCUT2D eigenvalue weighted by molar-refractivity contribution is -0.153. The number of hydrogen-bond donors (Lipinski definition) is 3. The highest BCUT2D eigenvalue weighted by atomic mass is 35.5. The highest BCUT2D eigenvalue weighted by Gasteiger charge is 2.27. The van der Waals surface area contributed by atoms with E-state index in [1.807, 2.05) is 0 Å². The molecule has 3 rings (SSSR count). The van der Waals surface area contributed by atoms with Crippen molar-refractivity contribution in [2.75, 3.05) is 6.54 Å². The molecule has 0 fully saturated rings. The molecule has 0 unspecified atom stereocenters. The largest absolute Gasteiger partial charge is 0.506 e. The van der Waals surface area contributed by atoms with Crippen LogP contribution in [0.2, 0.25) is 10.0 Å². The number of benzene rings is 3. The first kappa shape index (κ1) is 23.7. The minimum Gasteiger partial charge on any atom is -0.506 e. The van der Waals surface area contributed by atoms with Gasteiger partial charge in [-0.3, -0.25) is 9.59 Å². The van der Waals surface area contributed by atoms with Crippen LogP contribution in [0.1, 0.15) is 36.7 Å². The number of aromatic hydroxyl groups is 2. The molecule has 0 atom stereocenters. The summed E-state index contributed by atoms with van der Waals surface area (Å²) in [6.45, 7) is 6.39. The zero-order chi connectivity index (χ0) is 23.8. The Morgan fingerprint density at radius 2 is 1.62 bits per heavy atom. The van der Waals surface area contributed by atoms with E-state index in [0.29, 0.717) is 37.5 Å². The number of halogens is 2. The second-order valence-electron chi connectivity index (χ2n) is 8.32. The number of rotatable bonds is 4. The number of nitrogens with one attached hydrogen (secondary N) is 1. The molecule has 8 heteroatoms. The number of hydrogen-bond acceptors (Lipinski definition) is 5. The molecule has 0 radical (unpaired) electrons. The van der Waals surface area contributed by atoms with Crippen LogP contribution < -0.4 is 5.32 Å². The van der Waals surface area contributed by atoms with Gasteiger partial charge < -0.3 is 20.3 Å². The minimum absolute atomic E-state index is 0.322. The van der Waals surface area contributed by atoms with Crippen LogP contribution in [0.5, 0.6) is 11.5 Å². The van der Waals surface area contributed by atoms with E-state index >= 15 is 0 Å². The Labute approximate surface area is 195 Å². The van der Waals surface area contributed by atoms with Gasteiger partial charge in [0.25, 0.3) is 5.91 Å². The van der Waals surface area contributed by atoms with Crippen LogP contribution in [0.3, 0.4) is 0 Å². The van der Waals surface area contributed by atoms with Crippen molar-refractivity contribution in [1.82, 2.24) is 5.32 Å². The van der Waals surface area contributed by atoms with Gasteiger partial charge in [-0.25, -0.2) is 0 Å². The summed E-state index contributed by atoms with van der Waals surface area (Å²) in [6.07, 6.45) is 0. The summed E-state index contributed by atoms with van der Waals surface area (Å²) < 4.78 is 5.19. The maximum absolute atomic E-state index is 12.9. The average molecular weight is 476 g/mol. The third kappa shape index (κ3) is 4.76. The number of aryl methyl sites for hydroxylation is 1. The first-order valence-electron chi connectivity index (χ1n) is 9.83. The number of carbonyl (C=O) groups excluding carboxylic acids is 2. The molecule has 0 heterocycles. The molecule has 0 bridgehead atoms. The zero-order valence-electron chi connectivity index (χ0n) is 18.0. The monoisotopic (exact) mass is 475 g/mol. The van der Waals surface area contributed by atoms with Gasteiger partial charge in [0.1, 0.15) is 29.2 Å². The van der Waals surface area contributed by atoms with E-state index < -0.39 is 35.5 Å². The van der Waals surface area contributed by atoms with Gasteiger partial charge in [-0.2, -0.15) is 0 Å². The van der Waals surface area contributed by atoms with Gasteiger partial charge >= 0.3 is 5.97 Å². The highest BCUT2D eigenvalue weighted by molar-refractivity contribution is 6.33. The molecule has 3 aromatic rings. The van der Waals surface area contributed by atoms with Gasteiger partial charge in [-0.15, -0.1) is 0 Å². The highest BCUT2D eigenvalue weighted by Crippen LogP contribution is 2.47. The fraction of sp³-hybridized carbons (Fsp3) is 0.250. The van der Waals surface area contributed by atoms with Gasteiger partial charge in [0, 0.05) is 21.0 Å². The Morgan fingerprint density at radius 1 is 1.00 bits per heavy atom. The Morgan fingerprint density at radius 3 is 2.22 bits per heavy atom. The van der Waals surface area contributed by atoms with Crippen molar-refractivity contribution in [1.29, 1.82) is 0 Å². The first-order chi connectivity index (χ1) is 14.9. The normalized spacial score (nSPS) is 11.4. The maximum atomic E-state index is 12.9. The van der Waals surface area contributed by atoms with E-state index in [1.54, 1.807) is 64.1 Å². The van der Waals surface area contributed by atoms with Gasteiger partial charge in [0.2, 0.25) is 0 Å². The molecule has 0 aliphatic heterocycles. The number of esters is 1. The van der Waals surface area contributed by atoms with Gasteiger partial charge in [0.15, 0.2) is 0 Å². The zero-order valence-corrected chi connectivity index (χ0v) is 19.6. The van der Waals surface area contributed by atoms with Crippen molar-refractivity contribution in [2.45, 2.75) is 33.3 Å². The number of phenols is 2. The molecule has 0 spiro atoms. The van der Waals surface area contributed by atoms with E-state index in [2.05, 4.69) is 5.32 Å². The molecule has 6 nitrogen and oxygen atoms in total. The molecule has 1 amide bonds. The summed E-state index contributed by atoms with van der Waals surface area (Å²) in [6, 6.07) is 10.0. The van der Waals surface area contributed by atoms with Crippen LogP contribution in [0.15, 0.2) is 36.4 Å². The number of amides is 1. The second kappa shape index (κ2) is 8.88. The predicted octanol–water partition coefficient (Wildman–Crippen LogP) is 5.60.